The number of para-hydroxylation sites is 1. The van der Waals surface area contributed by atoms with Gasteiger partial charge in [-0.15, -0.1) is 0 Å². The molecule has 1 aromatic heterocycles. The van der Waals surface area contributed by atoms with E-state index in [-0.39, 0.29) is 40.1 Å². The van der Waals surface area contributed by atoms with Crippen molar-refractivity contribution in [2.24, 2.45) is 0 Å². The van der Waals surface area contributed by atoms with Crippen molar-refractivity contribution in [2.45, 2.75) is 11.9 Å². The van der Waals surface area contributed by atoms with Gasteiger partial charge in [0.05, 0.1) is 6.07 Å². The number of rotatable bonds is 1. The molecule has 1 aromatic carbocycles. The van der Waals surface area contributed by atoms with Crippen molar-refractivity contribution in [3.63, 3.8) is 0 Å². The van der Waals surface area contributed by atoms with Crippen LogP contribution in [0.25, 0.3) is 5.69 Å². The zero-order chi connectivity index (χ0) is 12.4. The second-order valence-electron chi connectivity index (χ2n) is 3.62. The SMILES string of the molecule is Cc1ccccc1-n1c([S-])c(C#N)ccc1=O.[Na+]. The van der Waals surface area contributed by atoms with Gasteiger partial charge in [-0.1, -0.05) is 23.2 Å². The van der Waals surface area contributed by atoms with E-state index >= 15 is 0 Å². The fourth-order valence-corrected chi connectivity index (χ4v) is 1.95. The molecule has 0 N–H and O–H groups in total. The summed E-state index contributed by atoms with van der Waals surface area (Å²) in [6.07, 6.45) is 0. The van der Waals surface area contributed by atoms with Crippen LogP contribution in [-0.4, -0.2) is 4.57 Å². The van der Waals surface area contributed by atoms with Crippen LogP contribution in [0.2, 0.25) is 0 Å². The van der Waals surface area contributed by atoms with Gasteiger partial charge in [-0.25, -0.2) is 0 Å². The summed E-state index contributed by atoms with van der Waals surface area (Å²) in [5.41, 5.74) is 1.78. The summed E-state index contributed by atoms with van der Waals surface area (Å²) in [6.45, 7) is 1.90. The Morgan fingerprint density at radius 3 is 2.50 bits per heavy atom. The number of pyridine rings is 1. The van der Waals surface area contributed by atoms with Gasteiger partial charge in [-0.3, -0.25) is 4.79 Å². The molecule has 0 aliphatic heterocycles. The van der Waals surface area contributed by atoms with Crippen molar-refractivity contribution in [1.82, 2.24) is 4.57 Å². The molecular formula is C13H9N2NaOS. The van der Waals surface area contributed by atoms with Crippen LogP contribution in [0.5, 0.6) is 0 Å². The van der Waals surface area contributed by atoms with Crippen molar-refractivity contribution in [3.05, 3.63) is 57.9 Å². The average Bonchev–Trinajstić information content (AvgIpc) is 2.32. The quantitative estimate of drug-likeness (QED) is 0.486. The molecule has 0 radical (unpaired) electrons. The first-order valence-electron chi connectivity index (χ1n) is 5.04. The van der Waals surface area contributed by atoms with Crippen molar-refractivity contribution in [1.29, 1.82) is 5.26 Å². The van der Waals surface area contributed by atoms with Crippen LogP contribution in [0.3, 0.4) is 0 Å². The Hall–Kier alpha value is -1.12. The summed E-state index contributed by atoms with van der Waals surface area (Å²) in [6, 6.07) is 12.2. The molecule has 1 heterocycles. The summed E-state index contributed by atoms with van der Waals surface area (Å²) < 4.78 is 1.39. The normalized spacial score (nSPS) is 9.33. The maximum Gasteiger partial charge on any atom is 1.00 e. The molecule has 0 amide bonds. The van der Waals surface area contributed by atoms with Gasteiger partial charge in [0.15, 0.2) is 0 Å². The predicted octanol–water partition coefficient (Wildman–Crippen LogP) is -1.07. The zero-order valence-electron chi connectivity index (χ0n) is 10.2. The van der Waals surface area contributed by atoms with Gasteiger partial charge >= 0.3 is 29.6 Å². The van der Waals surface area contributed by atoms with E-state index < -0.39 is 0 Å². The molecule has 0 saturated carbocycles. The fourth-order valence-electron chi connectivity index (χ4n) is 1.65. The molecule has 3 nitrogen and oxygen atoms in total. The van der Waals surface area contributed by atoms with E-state index in [1.54, 1.807) is 0 Å². The van der Waals surface area contributed by atoms with E-state index in [1.165, 1.54) is 16.7 Å². The number of hydrogen-bond acceptors (Lipinski definition) is 3. The van der Waals surface area contributed by atoms with E-state index in [0.717, 1.165) is 11.3 Å². The molecule has 0 aliphatic rings. The smallest absolute Gasteiger partial charge is 0.760 e. The van der Waals surface area contributed by atoms with E-state index in [1.807, 2.05) is 37.3 Å². The van der Waals surface area contributed by atoms with E-state index in [0.29, 0.717) is 5.56 Å². The molecule has 2 aromatic rings. The van der Waals surface area contributed by atoms with Crippen molar-refractivity contribution < 1.29 is 29.6 Å². The van der Waals surface area contributed by atoms with E-state index in [4.69, 9.17) is 17.9 Å². The van der Waals surface area contributed by atoms with Crippen molar-refractivity contribution in [2.75, 3.05) is 0 Å². The molecule has 84 valence electrons. The Bertz CT molecular complexity index is 673. The largest absolute Gasteiger partial charge is 1.00 e. The third kappa shape index (κ3) is 2.65. The van der Waals surface area contributed by atoms with Crippen LogP contribution in [0.15, 0.2) is 46.2 Å². The van der Waals surface area contributed by atoms with Gasteiger partial charge in [0.1, 0.15) is 0 Å². The summed E-state index contributed by atoms with van der Waals surface area (Å²) in [5, 5.41) is 9.18. The number of nitriles is 1. The number of aryl methyl sites for hydroxylation is 1. The van der Waals surface area contributed by atoms with Crippen LogP contribution in [0.4, 0.5) is 0 Å². The number of hydrogen-bond donors (Lipinski definition) is 0. The predicted molar refractivity (Wildman–Crippen MR) is 67.1 cm³/mol. The van der Waals surface area contributed by atoms with Gasteiger partial charge in [0.2, 0.25) is 0 Å². The molecule has 0 unspecified atom stereocenters. The average molecular weight is 264 g/mol. The molecule has 0 fully saturated rings. The molecule has 2 rings (SSSR count). The fraction of sp³-hybridized carbons (Fsp3) is 0.0769. The molecule has 5 heteroatoms. The number of nitrogens with zero attached hydrogens (tertiary/aromatic N) is 2. The van der Waals surface area contributed by atoms with Crippen molar-refractivity contribution >= 4 is 12.6 Å². The minimum absolute atomic E-state index is 0. The number of aromatic nitrogens is 1. The third-order valence-electron chi connectivity index (χ3n) is 2.52. The maximum atomic E-state index is 11.8. The van der Waals surface area contributed by atoms with Crippen molar-refractivity contribution in [3.8, 4) is 11.8 Å². The second kappa shape index (κ2) is 6.17. The van der Waals surface area contributed by atoms with Gasteiger partial charge in [-0.05, 0) is 24.6 Å². The Labute approximate surface area is 133 Å². The van der Waals surface area contributed by atoms with Crippen LogP contribution in [-0.2, 0) is 12.6 Å². The minimum atomic E-state index is -0.219. The number of benzene rings is 1. The molecular weight excluding hydrogens is 255 g/mol. The topological polar surface area (TPSA) is 45.8 Å². The Kier molecular flexibility index (Phi) is 5.12. The molecule has 0 saturated heterocycles. The van der Waals surface area contributed by atoms with Gasteiger partial charge in [0.25, 0.3) is 5.56 Å². The summed E-state index contributed by atoms with van der Waals surface area (Å²) in [7, 11) is 0. The Morgan fingerprint density at radius 2 is 1.89 bits per heavy atom. The van der Waals surface area contributed by atoms with Crippen LogP contribution >= 0.6 is 0 Å². The second-order valence-corrected chi connectivity index (χ2v) is 4.01. The summed E-state index contributed by atoms with van der Waals surface area (Å²) in [5.74, 6) is 0. The molecule has 0 bridgehead atoms. The van der Waals surface area contributed by atoms with Crippen LogP contribution < -0.4 is 35.1 Å². The third-order valence-corrected chi connectivity index (χ3v) is 2.93. The molecule has 0 atom stereocenters. The van der Waals surface area contributed by atoms with E-state index in [2.05, 4.69) is 0 Å². The van der Waals surface area contributed by atoms with Crippen LogP contribution in [0, 0.1) is 18.3 Å². The summed E-state index contributed by atoms with van der Waals surface area (Å²) in [4.78, 5) is 11.8. The molecule has 0 spiro atoms. The first-order valence-corrected chi connectivity index (χ1v) is 5.45. The Balaban J connectivity index is 0.00000162. The van der Waals surface area contributed by atoms with Crippen LogP contribution in [0.1, 0.15) is 11.1 Å². The van der Waals surface area contributed by atoms with Gasteiger partial charge in [-0.2, -0.15) is 5.26 Å². The standard InChI is InChI=1S/C13H10N2OS.Na/c1-9-4-2-3-5-11(9)15-12(16)7-6-10(8-14)13(15)17;/h2-7,17H,1H3;/q;+1/p-1. The van der Waals surface area contributed by atoms with E-state index in [9.17, 15) is 4.79 Å². The van der Waals surface area contributed by atoms with Gasteiger partial charge in [0, 0.05) is 17.3 Å². The monoisotopic (exact) mass is 264 g/mol. The maximum absolute atomic E-state index is 11.8. The minimum Gasteiger partial charge on any atom is -0.760 e. The first kappa shape index (κ1) is 14.9. The molecule has 18 heavy (non-hydrogen) atoms. The Morgan fingerprint density at radius 1 is 1.22 bits per heavy atom. The van der Waals surface area contributed by atoms with Gasteiger partial charge < -0.3 is 17.2 Å². The first-order chi connectivity index (χ1) is 8.15. The zero-order valence-corrected chi connectivity index (χ0v) is 13.0. The molecule has 0 aliphatic carbocycles. The summed E-state index contributed by atoms with van der Waals surface area (Å²) >= 11 is 5.16.